The van der Waals surface area contributed by atoms with Gasteiger partial charge >= 0.3 is 0 Å². The van der Waals surface area contributed by atoms with Gasteiger partial charge in [-0.25, -0.2) is 0 Å². The maximum atomic E-state index is 13.0. The minimum atomic E-state index is -0.792. The Kier molecular flexibility index (Phi) is 4.82. The average Bonchev–Trinajstić information content (AvgIpc) is 2.84. The van der Waals surface area contributed by atoms with Gasteiger partial charge in [0.05, 0.1) is 23.1 Å². The predicted octanol–water partition coefficient (Wildman–Crippen LogP) is 1.88. The van der Waals surface area contributed by atoms with E-state index in [1.807, 2.05) is 52.1 Å². The fourth-order valence-electron chi connectivity index (χ4n) is 3.24. The molecule has 0 radical (unpaired) electrons. The summed E-state index contributed by atoms with van der Waals surface area (Å²) in [5.41, 5.74) is 4.27. The molecule has 1 N–H and O–H groups in total. The van der Waals surface area contributed by atoms with Gasteiger partial charge in [-0.15, -0.1) is 0 Å². The number of nitrogens with one attached hydrogen (secondary N) is 1. The number of anilines is 1. The van der Waals surface area contributed by atoms with Crippen molar-refractivity contribution in [3.63, 3.8) is 0 Å². The lowest BCUT2D eigenvalue weighted by atomic mass is 9.96. The van der Waals surface area contributed by atoms with Gasteiger partial charge < -0.3 is 15.0 Å². The molecular formula is C19H24N4O3. The zero-order valence-corrected chi connectivity index (χ0v) is 15.7. The van der Waals surface area contributed by atoms with Crippen LogP contribution in [0.1, 0.15) is 28.6 Å². The number of benzene rings is 1. The highest BCUT2D eigenvalue weighted by atomic mass is 16.5. The highest BCUT2D eigenvalue weighted by Gasteiger charge is 2.40. The number of hydrogen-bond acceptors (Lipinski definition) is 4. The monoisotopic (exact) mass is 356 g/mol. The Morgan fingerprint density at radius 3 is 2.42 bits per heavy atom. The van der Waals surface area contributed by atoms with Crippen molar-refractivity contribution in [2.24, 2.45) is 7.05 Å². The number of carbonyl (C=O) groups excluding carboxylic acids is 2. The zero-order chi connectivity index (χ0) is 19.0. The molecule has 0 spiro atoms. The van der Waals surface area contributed by atoms with E-state index in [2.05, 4.69) is 10.4 Å². The Hall–Kier alpha value is -2.67. The van der Waals surface area contributed by atoms with Crippen LogP contribution in [0.2, 0.25) is 0 Å². The lowest BCUT2D eigenvalue weighted by Crippen LogP contribution is -2.51. The van der Waals surface area contributed by atoms with Crippen LogP contribution in [0.4, 0.5) is 5.69 Å². The number of rotatable bonds is 3. The average molecular weight is 356 g/mol. The van der Waals surface area contributed by atoms with Gasteiger partial charge in [-0.1, -0.05) is 29.8 Å². The van der Waals surface area contributed by atoms with Crippen molar-refractivity contribution in [1.82, 2.24) is 14.7 Å². The van der Waals surface area contributed by atoms with Crippen molar-refractivity contribution in [2.45, 2.75) is 32.9 Å². The first-order valence-electron chi connectivity index (χ1n) is 8.54. The van der Waals surface area contributed by atoms with E-state index in [1.165, 1.54) is 0 Å². The number of carbonyl (C=O) groups is 2. The first-order chi connectivity index (χ1) is 12.3. The summed E-state index contributed by atoms with van der Waals surface area (Å²) in [6.45, 7) is 5.62. The number of hydrogen-bond donors (Lipinski definition) is 1. The molecule has 1 aliphatic heterocycles. The molecule has 2 heterocycles. The van der Waals surface area contributed by atoms with E-state index in [-0.39, 0.29) is 18.4 Å². The number of morpholine rings is 1. The zero-order valence-electron chi connectivity index (χ0n) is 15.7. The summed E-state index contributed by atoms with van der Waals surface area (Å²) < 4.78 is 7.37. The molecule has 1 fully saturated rings. The van der Waals surface area contributed by atoms with Gasteiger partial charge in [-0.3, -0.25) is 14.3 Å². The van der Waals surface area contributed by atoms with Gasteiger partial charge in [0.2, 0.25) is 5.91 Å². The molecule has 138 valence electrons. The van der Waals surface area contributed by atoms with Gasteiger partial charge in [0.25, 0.3) is 5.91 Å². The fraction of sp³-hybridized carbons (Fsp3) is 0.421. The molecule has 0 bridgehead atoms. The molecule has 26 heavy (non-hydrogen) atoms. The number of aromatic nitrogens is 2. The third-order valence-electron chi connectivity index (χ3n) is 4.92. The highest BCUT2D eigenvalue weighted by Crippen LogP contribution is 2.30. The Labute approximate surface area is 152 Å². The van der Waals surface area contributed by atoms with Gasteiger partial charge in [0, 0.05) is 14.1 Å². The lowest BCUT2D eigenvalue weighted by molar-refractivity contribution is -0.160. The smallest absolute Gasteiger partial charge is 0.256 e. The lowest BCUT2D eigenvalue weighted by Gasteiger charge is -2.38. The molecule has 0 aliphatic carbocycles. The van der Waals surface area contributed by atoms with Gasteiger partial charge in [-0.05, 0) is 26.3 Å². The summed E-state index contributed by atoms with van der Waals surface area (Å²) in [7, 11) is 3.53. The first kappa shape index (κ1) is 18.1. The molecule has 7 nitrogen and oxygen atoms in total. The summed E-state index contributed by atoms with van der Waals surface area (Å²) >= 11 is 0. The molecule has 0 saturated carbocycles. The number of ether oxygens (including phenoxy) is 1. The van der Waals surface area contributed by atoms with E-state index in [0.717, 1.165) is 22.5 Å². The number of amides is 2. The van der Waals surface area contributed by atoms with E-state index < -0.39 is 12.1 Å². The van der Waals surface area contributed by atoms with Crippen molar-refractivity contribution in [3.05, 3.63) is 46.8 Å². The van der Waals surface area contributed by atoms with Gasteiger partial charge in [-0.2, -0.15) is 5.10 Å². The Balaban J connectivity index is 1.91. The van der Waals surface area contributed by atoms with Gasteiger partial charge in [0.1, 0.15) is 6.61 Å². The second kappa shape index (κ2) is 6.92. The van der Waals surface area contributed by atoms with E-state index in [1.54, 1.807) is 16.6 Å². The Morgan fingerprint density at radius 1 is 1.19 bits per heavy atom. The molecular weight excluding hydrogens is 332 g/mol. The normalized spacial score (nSPS) is 20.3. The summed E-state index contributed by atoms with van der Waals surface area (Å²) in [5, 5.41) is 7.25. The van der Waals surface area contributed by atoms with Crippen LogP contribution in [0, 0.1) is 20.8 Å². The first-order valence-corrected chi connectivity index (χ1v) is 8.54. The maximum absolute atomic E-state index is 13.0. The molecule has 2 unspecified atom stereocenters. The molecule has 7 heteroatoms. The van der Waals surface area contributed by atoms with E-state index in [0.29, 0.717) is 5.69 Å². The number of aryl methyl sites for hydroxylation is 3. The Morgan fingerprint density at radius 2 is 1.85 bits per heavy atom. The molecule has 2 aromatic rings. The van der Waals surface area contributed by atoms with E-state index in [9.17, 15) is 9.59 Å². The van der Waals surface area contributed by atoms with Gasteiger partial charge in [0.15, 0.2) is 6.10 Å². The second-order valence-electron chi connectivity index (χ2n) is 6.75. The minimum absolute atomic E-state index is 0.109. The van der Waals surface area contributed by atoms with Crippen molar-refractivity contribution in [1.29, 1.82) is 0 Å². The maximum Gasteiger partial charge on any atom is 0.256 e. The minimum Gasteiger partial charge on any atom is -0.356 e. The van der Waals surface area contributed by atoms with E-state index >= 15 is 0 Å². The second-order valence-corrected chi connectivity index (χ2v) is 6.75. The number of likely N-dealkylation sites (N-methyl/N-ethyl adjacent to an activating group) is 1. The van der Waals surface area contributed by atoms with Crippen LogP contribution in [-0.2, 0) is 21.4 Å². The molecule has 1 aliphatic rings. The molecule has 2 atom stereocenters. The Bertz CT molecular complexity index is 841. The summed E-state index contributed by atoms with van der Waals surface area (Å²) in [5.74, 6) is -0.428. The molecule has 1 aromatic heterocycles. The highest BCUT2D eigenvalue weighted by molar-refractivity contribution is 5.97. The summed E-state index contributed by atoms with van der Waals surface area (Å²) in [6.07, 6.45) is -0.792. The van der Waals surface area contributed by atoms with Crippen molar-refractivity contribution >= 4 is 17.5 Å². The third-order valence-corrected chi connectivity index (χ3v) is 4.92. The van der Waals surface area contributed by atoms with Crippen molar-refractivity contribution < 1.29 is 14.3 Å². The fourth-order valence-corrected chi connectivity index (χ4v) is 3.24. The van der Waals surface area contributed by atoms with Crippen LogP contribution in [-0.4, -0.2) is 46.3 Å². The third kappa shape index (κ3) is 3.22. The SMILES string of the molecule is Cc1ccc(C2C(C(=O)Nc3c(C)nn(C)c3C)OCC(=O)N2C)cc1. The standard InChI is InChI=1S/C19H24N4O3/c1-11-6-8-14(9-7-11)17-18(26-10-15(24)22(17)4)19(25)20-16-12(2)21-23(5)13(16)3/h6-9,17-18H,10H2,1-5H3,(H,20,25). The largest absolute Gasteiger partial charge is 0.356 e. The summed E-state index contributed by atoms with van der Waals surface area (Å²) in [6, 6.07) is 7.31. The summed E-state index contributed by atoms with van der Waals surface area (Å²) in [4.78, 5) is 26.7. The van der Waals surface area contributed by atoms with Crippen molar-refractivity contribution in [3.8, 4) is 0 Å². The molecule has 1 saturated heterocycles. The predicted molar refractivity (Wildman–Crippen MR) is 97.7 cm³/mol. The van der Waals surface area contributed by atoms with Crippen LogP contribution in [0.25, 0.3) is 0 Å². The van der Waals surface area contributed by atoms with Crippen LogP contribution in [0.15, 0.2) is 24.3 Å². The van der Waals surface area contributed by atoms with Crippen LogP contribution < -0.4 is 5.32 Å². The quantitative estimate of drug-likeness (QED) is 0.911. The van der Waals surface area contributed by atoms with E-state index in [4.69, 9.17) is 4.74 Å². The van der Waals surface area contributed by atoms with Crippen LogP contribution >= 0.6 is 0 Å². The molecule has 1 aromatic carbocycles. The molecule has 3 rings (SSSR count). The number of nitrogens with zero attached hydrogens (tertiary/aromatic N) is 3. The van der Waals surface area contributed by atoms with Crippen molar-refractivity contribution in [2.75, 3.05) is 19.0 Å². The van der Waals surface area contributed by atoms with Crippen LogP contribution in [0.5, 0.6) is 0 Å². The van der Waals surface area contributed by atoms with Crippen LogP contribution in [0.3, 0.4) is 0 Å². The molecule has 2 amide bonds. The topological polar surface area (TPSA) is 76.5 Å².